The maximum atomic E-state index is 6.21. The smallest absolute Gasteiger partial charge is 0.150 e. The van der Waals surface area contributed by atoms with Crippen molar-refractivity contribution in [2.45, 2.75) is 32.2 Å². The van der Waals surface area contributed by atoms with E-state index in [-0.39, 0.29) is 0 Å². The third kappa shape index (κ3) is 6.71. The van der Waals surface area contributed by atoms with Gasteiger partial charge in [-0.2, -0.15) is 11.1 Å². The molecule has 0 fully saturated rings. The summed E-state index contributed by atoms with van der Waals surface area (Å²) in [5, 5.41) is 0. The van der Waals surface area contributed by atoms with E-state index in [4.69, 9.17) is 15.8 Å². The highest BCUT2D eigenvalue weighted by Crippen LogP contribution is 2.16. The summed E-state index contributed by atoms with van der Waals surface area (Å²) < 4.78 is 5.58. The second-order valence-corrected chi connectivity index (χ2v) is 11.4. The molecule has 0 aliphatic carbocycles. The van der Waals surface area contributed by atoms with Crippen LogP contribution in [0.2, 0.25) is 19.1 Å². The first-order valence-electron chi connectivity index (χ1n) is 5.38. The van der Waals surface area contributed by atoms with Crippen molar-refractivity contribution in [1.82, 2.24) is 0 Å². The lowest BCUT2D eigenvalue weighted by Crippen LogP contribution is -2.16. The summed E-state index contributed by atoms with van der Waals surface area (Å²) in [5.74, 6) is 0. The summed E-state index contributed by atoms with van der Waals surface area (Å²) in [6.07, 6.45) is 1.08. The van der Waals surface area contributed by atoms with Crippen LogP contribution in [-0.4, -0.2) is 14.0 Å². The Labute approximate surface area is 98.1 Å². The summed E-state index contributed by atoms with van der Waals surface area (Å²) in [6, 6.07) is 11.4. The van der Waals surface area contributed by atoms with E-state index in [0.29, 0.717) is 6.61 Å². The molecule has 84 valence electrons. The van der Waals surface area contributed by atoms with E-state index in [9.17, 15) is 0 Å². The Morgan fingerprint density at radius 3 is 2.47 bits per heavy atom. The number of halogens is 1. The standard InChI is InChI=1S/C12H19ClOSi/c1-15(2,13)10-6-9-14-11-12-7-4-3-5-8-12/h3-5,7-8H,6,9-11H2,1-2H3. The molecule has 1 aromatic carbocycles. The van der Waals surface area contributed by atoms with Crippen LogP contribution in [0.1, 0.15) is 12.0 Å². The molecule has 0 aliphatic rings. The Morgan fingerprint density at radius 1 is 1.20 bits per heavy atom. The second-order valence-electron chi connectivity index (χ2n) is 4.36. The third-order valence-electron chi connectivity index (χ3n) is 2.17. The van der Waals surface area contributed by atoms with Gasteiger partial charge in [-0.25, -0.2) is 0 Å². The predicted molar refractivity (Wildman–Crippen MR) is 68.9 cm³/mol. The Morgan fingerprint density at radius 2 is 1.87 bits per heavy atom. The molecular weight excluding hydrogens is 224 g/mol. The molecule has 3 heteroatoms. The van der Waals surface area contributed by atoms with E-state index >= 15 is 0 Å². The number of benzene rings is 1. The van der Waals surface area contributed by atoms with E-state index in [0.717, 1.165) is 19.1 Å². The number of hydrogen-bond acceptors (Lipinski definition) is 1. The maximum Gasteiger partial charge on any atom is 0.150 e. The molecule has 1 rings (SSSR count). The minimum absolute atomic E-state index is 0.713. The first-order chi connectivity index (χ1) is 7.08. The average Bonchev–Trinajstić information content (AvgIpc) is 2.17. The molecule has 0 N–H and O–H groups in total. The van der Waals surface area contributed by atoms with Crippen LogP contribution in [0.4, 0.5) is 0 Å². The molecule has 0 saturated carbocycles. The van der Waals surface area contributed by atoms with Crippen molar-refractivity contribution in [3.8, 4) is 0 Å². The molecule has 0 atom stereocenters. The van der Waals surface area contributed by atoms with Crippen LogP contribution in [0.15, 0.2) is 30.3 Å². The predicted octanol–water partition coefficient (Wildman–Crippen LogP) is 4.04. The Kier molecular flexibility index (Phi) is 5.36. The fraction of sp³-hybridized carbons (Fsp3) is 0.500. The van der Waals surface area contributed by atoms with E-state index in [1.165, 1.54) is 5.56 Å². The lowest BCUT2D eigenvalue weighted by molar-refractivity contribution is 0.121. The van der Waals surface area contributed by atoms with Gasteiger partial charge in [-0.3, -0.25) is 0 Å². The third-order valence-corrected chi connectivity index (χ3v) is 4.28. The van der Waals surface area contributed by atoms with E-state index < -0.39 is 7.38 Å². The van der Waals surface area contributed by atoms with Gasteiger partial charge in [0.1, 0.15) is 0 Å². The fourth-order valence-electron chi connectivity index (χ4n) is 1.36. The Hall–Kier alpha value is -0.313. The molecule has 1 aromatic rings. The fourth-order valence-corrected chi connectivity index (χ4v) is 2.74. The number of rotatable bonds is 6. The van der Waals surface area contributed by atoms with Gasteiger partial charge in [0.25, 0.3) is 0 Å². The van der Waals surface area contributed by atoms with Gasteiger partial charge in [-0.15, -0.1) is 0 Å². The van der Waals surface area contributed by atoms with Crippen molar-refractivity contribution < 1.29 is 4.74 Å². The zero-order valence-corrected chi connectivity index (χ0v) is 11.3. The first kappa shape index (κ1) is 12.8. The molecule has 0 spiro atoms. The molecular formula is C12H19ClOSi. The van der Waals surface area contributed by atoms with Crippen molar-refractivity contribution in [2.75, 3.05) is 6.61 Å². The molecule has 0 saturated heterocycles. The Bertz CT molecular complexity index is 269. The van der Waals surface area contributed by atoms with Crippen LogP contribution < -0.4 is 0 Å². The summed E-state index contributed by atoms with van der Waals surface area (Å²) in [6.45, 7) is 5.88. The van der Waals surface area contributed by atoms with Gasteiger partial charge in [-0.1, -0.05) is 43.4 Å². The van der Waals surface area contributed by atoms with Gasteiger partial charge in [0.05, 0.1) is 6.61 Å². The van der Waals surface area contributed by atoms with Crippen LogP contribution in [0.3, 0.4) is 0 Å². The average molecular weight is 243 g/mol. The lowest BCUT2D eigenvalue weighted by Gasteiger charge is -2.12. The summed E-state index contributed by atoms with van der Waals surface area (Å²) in [4.78, 5) is 0. The largest absolute Gasteiger partial charge is 0.377 e. The van der Waals surface area contributed by atoms with Crippen LogP contribution in [0, 0.1) is 0 Å². The minimum atomic E-state index is -1.39. The van der Waals surface area contributed by atoms with Crippen LogP contribution in [-0.2, 0) is 11.3 Å². The van der Waals surface area contributed by atoms with E-state index in [2.05, 4.69) is 25.2 Å². The molecule has 0 aliphatic heterocycles. The quantitative estimate of drug-likeness (QED) is 0.416. The zero-order valence-electron chi connectivity index (χ0n) is 9.50. The molecule has 1 nitrogen and oxygen atoms in total. The summed E-state index contributed by atoms with van der Waals surface area (Å²) in [7, 11) is -1.39. The minimum Gasteiger partial charge on any atom is -0.377 e. The molecule has 0 unspecified atom stereocenters. The van der Waals surface area contributed by atoms with Crippen molar-refractivity contribution in [1.29, 1.82) is 0 Å². The van der Waals surface area contributed by atoms with E-state index in [1.807, 2.05) is 18.2 Å². The van der Waals surface area contributed by atoms with Gasteiger partial charge in [0.2, 0.25) is 0 Å². The van der Waals surface area contributed by atoms with Crippen molar-refractivity contribution in [3.05, 3.63) is 35.9 Å². The highest BCUT2D eigenvalue weighted by atomic mass is 35.6. The van der Waals surface area contributed by atoms with Gasteiger partial charge < -0.3 is 4.74 Å². The second kappa shape index (κ2) is 6.31. The highest BCUT2D eigenvalue weighted by molar-refractivity contribution is 7.19. The van der Waals surface area contributed by atoms with Gasteiger partial charge in [-0.05, 0) is 18.0 Å². The van der Waals surface area contributed by atoms with E-state index in [1.54, 1.807) is 0 Å². The topological polar surface area (TPSA) is 9.23 Å². The van der Waals surface area contributed by atoms with Crippen LogP contribution in [0.25, 0.3) is 0 Å². The van der Waals surface area contributed by atoms with Crippen molar-refractivity contribution >= 4 is 18.5 Å². The zero-order chi connectivity index (χ0) is 11.1. The lowest BCUT2D eigenvalue weighted by atomic mass is 10.2. The molecule has 0 bridgehead atoms. The molecule has 0 amide bonds. The van der Waals surface area contributed by atoms with Gasteiger partial charge in [0.15, 0.2) is 7.38 Å². The molecule has 0 heterocycles. The SMILES string of the molecule is C[Si](C)(Cl)CCCOCc1ccccc1. The van der Waals surface area contributed by atoms with Crippen molar-refractivity contribution in [3.63, 3.8) is 0 Å². The summed E-state index contributed by atoms with van der Waals surface area (Å²) in [5.41, 5.74) is 1.24. The number of ether oxygens (including phenoxy) is 1. The van der Waals surface area contributed by atoms with Crippen molar-refractivity contribution in [2.24, 2.45) is 0 Å². The molecule has 0 aromatic heterocycles. The van der Waals surface area contributed by atoms with Crippen LogP contribution in [0.5, 0.6) is 0 Å². The first-order valence-corrected chi connectivity index (χ1v) is 9.60. The molecule has 15 heavy (non-hydrogen) atoms. The summed E-state index contributed by atoms with van der Waals surface area (Å²) >= 11 is 6.21. The maximum absolute atomic E-state index is 6.21. The van der Waals surface area contributed by atoms with Crippen LogP contribution >= 0.6 is 11.1 Å². The number of hydrogen-bond donors (Lipinski definition) is 0. The monoisotopic (exact) mass is 242 g/mol. The molecule has 0 radical (unpaired) electrons. The highest BCUT2D eigenvalue weighted by Gasteiger charge is 2.15. The van der Waals surface area contributed by atoms with Gasteiger partial charge >= 0.3 is 0 Å². The Balaban J connectivity index is 2.08. The normalized spacial score (nSPS) is 11.7. The van der Waals surface area contributed by atoms with Gasteiger partial charge in [0, 0.05) is 6.61 Å².